The van der Waals surface area contributed by atoms with Gasteiger partial charge in [0.15, 0.2) is 11.6 Å². The maximum Gasteiger partial charge on any atom is 0.169 e. The lowest BCUT2D eigenvalue weighted by Gasteiger charge is -2.09. The van der Waals surface area contributed by atoms with Gasteiger partial charge in [0.25, 0.3) is 0 Å². The van der Waals surface area contributed by atoms with Crippen LogP contribution in [0.2, 0.25) is 0 Å². The summed E-state index contributed by atoms with van der Waals surface area (Å²) in [5.74, 6) is 2.39. The van der Waals surface area contributed by atoms with Gasteiger partial charge in [0, 0.05) is 12.2 Å². The van der Waals surface area contributed by atoms with Crippen molar-refractivity contribution in [2.45, 2.75) is 33.1 Å². The number of benzene rings is 1. The lowest BCUT2D eigenvalue weighted by molar-refractivity contribution is 0.340. The van der Waals surface area contributed by atoms with Crippen LogP contribution in [-0.4, -0.2) is 19.0 Å². The van der Waals surface area contributed by atoms with Crippen molar-refractivity contribution in [1.82, 2.24) is 0 Å². The van der Waals surface area contributed by atoms with Crippen molar-refractivity contribution >= 4 is 23.9 Å². The number of halogens is 1. The van der Waals surface area contributed by atoms with Crippen LogP contribution in [0.25, 0.3) is 0 Å². The van der Waals surface area contributed by atoms with Gasteiger partial charge in [0.1, 0.15) is 5.75 Å². The fourth-order valence-electron chi connectivity index (χ4n) is 2.08. The van der Waals surface area contributed by atoms with Crippen LogP contribution in [-0.2, 0) is 0 Å². The Morgan fingerprint density at radius 2 is 1.91 bits per heavy atom. The number of hydrogen-bond donors (Lipinski definition) is 1. The number of furan rings is 1. The van der Waals surface area contributed by atoms with Gasteiger partial charge >= 0.3 is 0 Å². The zero-order valence-electron chi connectivity index (χ0n) is 13.7. The fourth-order valence-corrected chi connectivity index (χ4v) is 2.08. The van der Waals surface area contributed by atoms with E-state index in [1.807, 2.05) is 43.3 Å². The van der Waals surface area contributed by atoms with Gasteiger partial charge in [-0.05, 0) is 49.7 Å². The molecule has 0 bridgehead atoms. The maximum absolute atomic E-state index is 5.47. The number of nitrogens with one attached hydrogen (secondary N) is 1. The molecule has 0 aliphatic rings. The van der Waals surface area contributed by atoms with Crippen molar-refractivity contribution in [2.24, 2.45) is 4.99 Å². The number of rotatable bonds is 8. The molecule has 23 heavy (non-hydrogen) atoms. The third-order valence-electron chi connectivity index (χ3n) is 3.21. The molecule has 2 aromatic rings. The van der Waals surface area contributed by atoms with Crippen LogP contribution in [0.4, 0.5) is 5.69 Å². The highest BCUT2D eigenvalue weighted by atomic mass is 35.5. The SMILES string of the molecule is CCCCCN=C(Nc1ccc(OCC)cc1)c1ccco1.Cl. The summed E-state index contributed by atoms with van der Waals surface area (Å²) in [7, 11) is 0. The third kappa shape index (κ3) is 6.37. The molecule has 0 saturated heterocycles. The molecule has 0 saturated carbocycles. The van der Waals surface area contributed by atoms with E-state index in [1.165, 1.54) is 12.8 Å². The fraction of sp³-hybridized carbons (Fsp3) is 0.389. The second-order valence-corrected chi connectivity index (χ2v) is 5.00. The van der Waals surface area contributed by atoms with Crippen molar-refractivity contribution < 1.29 is 9.15 Å². The maximum atomic E-state index is 5.47. The Kier molecular flexibility index (Phi) is 8.91. The van der Waals surface area contributed by atoms with Crippen LogP contribution in [0.1, 0.15) is 38.9 Å². The third-order valence-corrected chi connectivity index (χ3v) is 3.21. The minimum Gasteiger partial charge on any atom is -0.494 e. The van der Waals surface area contributed by atoms with E-state index in [-0.39, 0.29) is 12.4 Å². The summed E-state index contributed by atoms with van der Waals surface area (Å²) in [6.07, 6.45) is 5.14. The van der Waals surface area contributed by atoms with Gasteiger partial charge in [-0.15, -0.1) is 12.4 Å². The Balaban J connectivity index is 0.00000264. The van der Waals surface area contributed by atoms with Crippen LogP contribution in [0.5, 0.6) is 5.75 Å². The van der Waals surface area contributed by atoms with Crippen molar-refractivity contribution in [1.29, 1.82) is 0 Å². The molecule has 1 heterocycles. The Bertz CT molecular complexity index is 565. The van der Waals surface area contributed by atoms with Crippen molar-refractivity contribution in [3.63, 3.8) is 0 Å². The molecule has 4 nitrogen and oxygen atoms in total. The first kappa shape index (κ1) is 19.1. The number of amidine groups is 1. The molecular formula is C18H25ClN2O2. The van der Waals surface area contributed by atoms with Crippen LogP contribution >= 0.6 is 12.4 Å². The number of hydrogen-bond acceptors (Lipinski definition) is 3. The average molecular weight is 337 g/mol. The van der Waals surface area contributed by atoms with Gasteiger partial charge < -0.3 is 14.5 Å². The molecule has 1 aromatic heterocycles. The first-order valence-corrected chi connectivity index (χ1v) is 7.91. The first-order chi connectivity index (χ1) is 10.8. The van der Waals surface area contributed by atoms with Crippen molar-refractivity contribution in [3.8, 4) is 5.75 Å². The summed E-state index contributed by atoms with van der Waals surface area (Å²) in [5.41, 5.74) is 0.967. The average Bonchev–Trinajstić information content (AvgIpc) is 3.07. The first-order valence-electron chi connectivity index (χ1n) is 7.91. The van der Waals surface area contributed by atoms with Crippen molar-refractivity contribution in [2.75, 3.05) is 18.5 Å². The molecule has 0 spiro atoms. The van der Waals surface area contributed by atoms with Gasteiger partial charge in [-0.1, -0.05) is 19.8 Å². The second-order valence-electron chi connectivity index (χ2n) is 5.00. The summed E-state index contributed by atoms with van der Waals surface area (Å²) in [5, 5.41) is 3.33. The lowest BCUT2D eigenvalue weighted by Crippen LogP contribution is -2.13. The van der Waals surface area contributed by atoms with E-state index in [0.717, 1.165) is 36.0 Å². The summed E-state index contributed by atoms with van der Waals surface area (Å²) in [6.45, 7) is 5.64. The molecule has 0 radical (unpaired) electrons. The van der Waals surface area contributed by atoms with Gasteiger partial charge in [0.05, 0.1) is 12.9 Å². The summed E-state index contributed by atoms with van der Waals surface area (Å²) < 4.78 is 10.9. The summed E-state index contributed by atoms with van der Waals surface area (Å²) in [6, 6.07) is 11.6. The molecule has 1 N–H and O–H groups in total. The van der Waals surface area contributed by atoms with Gasteiger partial charge in [-0.3, -0.25) is 4.99 Å². The Hall–Kier alpha value is -1.94. The highest BCUT2D eigenvalue weighted by molar-refractivity contribution is 6.06. The van der Waals surface area contributed by atoms with E-state index in [4.69, 9.17) is 9.15 Å². The van der Waals surface area contributed by atoms with Crippen LogP contribution in [0.15, 0.2) is 52.1 Å². The van der Waals surface area contributed by atoms with E-state index in [1.54, 1.807) is 6.26 Å². The predicted molar refractivity (Wildman–Crippen MR) is 98.1 cm³/mol. The van der Waals surface area contributed by atoms with Crippen molar-refractivity contribution in [3.05, 3.63) is 48.4 Å². The van der Waals surface area contributed by atoms with Gasteiger partial charge in [-0.25, -0.2) is 0 Å². The van der Waals surface area contributed by atoms with E-state index in [0.29, 0.717) is 6.61 Å². The van der Waals surface area contributed by atoms with Crippen LogP contribution in [0, 0.1) is 0 Å². The monoisotopic (exact) mass is 336 g/mol. The number of nitrogens with zero attached hydrogens (tertiary/aromatic N) is 1. The number of anilines is 1. The summed E-state index contributed by atoms with van der Waals surface area (Å²) in [4.78, 5) is 4.64. The summed E-state index contributed by atoms with van der Waals surface area (Å²) >= 11 is 0. The Morgan fingerprint density at radius 3 is 2.52 bits per heavy atom. The molecule has 0 aliphatic heterocycles. The Morgan fingerprint density at radius 1 is 1.13 bits per heavy atom. The zero-order chi connectivity index (χ0) is 15.6. The minimum absolute atomic E-state index is 0. The van der Waals surface area contributed by atoms with E-state index in [2.05, 4.69) is 17.2 Å². The molecule has 5 heteroatoms. The zero-order valence-corrected chi connectivity index (χ0v) is 14.6. The second kappa shape index (κ2) is 10.7. The molecule has 0 atom stereocenters. The minimum atomic E-state index is 0. The van der Waals surface area contributed by atoms with Crippen LogP contribution in [0.3, 0.4) is 0 Å². The van der Waals surface area contributed by atoms with E-state index < -0.39 is 0 Å². The standard InChI is InChI=1S/C18H24N2O2.ClH/c1-3-5-6-13-19-18(17-8-7-14-22-17)20-15-9-11-16(12-10-15)21-4-2;/h7-12,14H,3-6,13H2,1-2H3,(H,19,20);1H. The topological polar surface area (TPSA) is 46.8 Å². The molecule has 0 amide bonds. The lowest BCUT2D eigenvalue weighted by atomic mass is 10.2. The number of unbranched alkanes of at least 4 members (excludes halogenated alkanes) is 2. The quantitative estimate of drug-likeness (QED) is 0.412. The predicted octanol–water partition coefficient (Wildman–Crippen LogP) is 5.15. The number of aliphatic imine (C=N–C) groups is 1. The Labute approximate surface area is 144 Å². The molecule has 2 rings (SSSR count). The van der Waals surface area contributed by atoms with E-state index >= 15 is 0 Å². The van der Waals surface area contributed by atoms with Crippen LogP contribution < -0.4 is 10.1 Å². The molecule has 1 aromatic carbocycles. The highest BCUT2D eigenvalue weighted by Gasteiger charge is 2.07. The smallest absolute Gasteiger partial charge is 0.169 e. The van der Waals surface area contributed by atoms with Gasteiger partial charge in [0.2, 0.25) is 0 Å². The normalized spacial score (nSPS) is 11.0. The number of ether oxygens (including phenoxy) is 1. The molecule has 126 valence electrons. The largest absolute Gasteiger partial charge is 0.494 e. The molecule has 0 aliphatic carbocycles. The highest BCUT2D eigenvalue weighted by Crippen LogP contribution is 2.17. The van der Waals surface area contributed by atoms with E-state index in [9.17, 15) is 0 Å². The molecule has 0 fully saturated rings. The van der Waals surface area contributed by atoms with Gasteiger partial charge in [-0.2, -0.15) is 0 Å². The molecule has 0 unspecified atom stereocenters. The molecular weight excluding hydrogens is 312 g/mol.